The molecule has 0 saturated carbocycles. The monoisotopic (exact) mass is 489 g/mol. The Morgan fingerprint density at radius 2 is 1.61 bits per heavy atom. The molecule has 1 aromatic rings. The molecule has 194 valence electrons. The molecule has 2 heterocycles. The number of carbonyl (C=O) groups excluding carboxylic acids is 2. The van der Waals surface area contributed by atoms with Gasteiger partial charge in [0.15, 0.2) is 0 Å². The maximum absolute atomic E-state index is 12.5. The summed E-state index contributed by atoms with van der Waals surface area (Å²) in [4.78, 5) is 30.5. The first kappa shape index (κ1) is 29.0. The number of nitrogens with zero attached hydrogens (tertiary/aromatic N) is 2. The molecular formula is C31H43N3O2. The Kier molecular flexibility index (Phi) is 15.3. The van der Waals surface area contributed by atoms with Gasteiger partial charge in [-0.05, 0) is 69.4 Å². The van der Waals surface area contributed by atoms with E-state index in [1.807, 2.05) is 4.90 Å². The van der Waals surface area contributed by atoms with Gasteiger partial charge in [0.05, 0.1) is 5.56 Å². The van der Waals surface area contributed by atoms with E-state index < -0.39 is 0 Å². The number of unbranched alkanes of at least 4 members (excludes halogenated alkanes) is 1. The molecule has 0 spiro atoms. The maximum Gasteiger partial charge on any atom is 0.255 e. The molecule has 36 heavy (non-hydrogen) atoms. The zero-order valence-electron chi connectivity index (χ0n) is 21.9. The quantitative estimate of drug-likeness (QED) is 0.211. The Bertz CT molecular complexity index is 900. The van der Waals surface area contributed by atoms with E-state index in [0.29, 0.717) is 31.0 Å². The van der Waals surface area contributed by atoms with Crippen molar-refractivity contribution in [1.29, 1.82) is 0 Å². The fraction of sp³-hybridized carbons (Fsp3) is 0.452. The first-order chi connectivity index (χ1) is 17.7. The molecule has 1 atom stereocenters. The van der Waals surface area contributed by atoms with E-state index in [2.05, 4.69) is 78.0 Å². The lowest BCUT2D eigenvalue weighted by atomic mass is 10.1. The van der Waals surface area contributed by atoms with Gasteiger partial charge in [0.25, 0.3) is 5.91 Å². The summed E-state index contributed by atoms with van der Waals surface area (Å²) in [6, 6.07) is 3.57. The van der Waals surface area contributed by atoms with Gasteiger partial charge in [0, 0.05) is 38.4 Å². The van der Waals surface area contributed by atoms with E-state index in [4.69, 9.17) is 0 Å². The number of allylic oxidation sites excluding steroid dienone is 10. The second kappa shape index (κ2) is 19.0. The summed E-state index contributed by atoms with van der Waals surface area (Å²) in [7, 11) is 0. The molecule has 0 aliphatic carbocycles. The Morgan fingerprint density at radius 3 is 2.22 bits per heavy atom. The predicted molar refractivity (Wildman–Crippen MR) is 150 cm³/mol. The van der Waals surface area contributed by atoms with Crippen LogP contribution in [0.5, 0.6) is 0 Å². The number of aromatic nitrogens is 1. The number of pyridine rings is 1. The van der Waals surface area contributed by atoms with Crippen LogP contribution in [0.25, 0.3) is 0 Å². The average Bonchev–Trinajstić information content (AvgIpc) is 3.38. The largest absolute Gasteiger partial charge is 0.356 e. The van der Waals surface area contributed by atoms with Gasteiger partial charge in [-0.25, -0.2) is 0 Å². The highest BCUT2D eigenvalue weighted by molar-refractivity contribution is 5.94. The molecule has 1 aliphatic rings. The van der Waals surface area contributed by atoms with E-state index in [1.54, 1.807) is 24.5 Å². The Hall–Kier alpha value is -3.21. The minimum absolute atomic E-state index is 0.0222. The lowest BCUT2D eigenvalue weighted by Crippen LogP contribution is -2.33. The molecular weight excluding hydrogens is 446 g/mol. The Morgan fingerprint density at radius 1 is 0.972 bits per heavy atom. The van der Waals surface area contributed by atoms with E-state index in [-0.39, 0.29) is 11.8 Å². The SMILES string of the molecule is CCC=CCC=CCC=CCC=CCC=CCCCC(=O)NCC1CCN(C(=O)c2cccnc2)C1. The van der Waals surface area contributed by atoms with Crippen LogP contribution >= 0.6 is 0 Å². The van der Waals surface area contributed by atoms with Crippen molar-refractivity contribution in [2.45, 2.75) is 64.7 Å². The highest BCUT2D eigenvalue weighted by Gasteiger charge is 2.27. The highest BCUT2D eigenvalue weighted by Crippen LogP contribution is 2.18. The van der Waals surface area contributed by atoms with Crippen LogP contribution in [-0.4, -0.2) is 41.3 Å². The van der Waals surface area contributed by atoms with Crippen LogP contribution in [0.3, 0.4) is 0 Å². The van der Waals surface area contributed by atoms with E-state index in [1.165, 1.54) is 0 Å². The van der Waals surface area contributed by atoms with Gasteiger partial charge >= 0.3 is 0 Å². The van der Waals surface area contributed by atoms with Crippen molar-refractivity contribution in [3.63, 3.8) is 0 Å². The minimum atomic E-state index is 0.0222. The van der Waals surface area contributed by atoms with Gasteiger partial charge in [-0.15, -0.1) is 0 Å². The second-order valence-corrected chi connectivity index (χ2v) is 9.05. The third-order valence-electron chi connectivity index (χ3n) is 6.00. The van der Waals surface area contributed by atoms with Gasteiger partial charge in [-0.3, -0.25) is 14.6 Å². The van der Waals surface area contributed by atoms with Crippen molar-refractivity contribution in [2.24, 2.45) is 5.92 Å². The number of amides is 2. The normalized spacial score (nSPS) is 16.5. The number of nitrogens with one attached hydrogen (secondary N) is 1. The summed E-state index contributed by atoms with van der Waals surface area (Å²) >= 11 is 0. The number of likely N-dealkylation sites (tertiary alicyclic amines) is 1. The second-order valence-electron chi connectivity index (χ2n) is 9.05. The van der Waals surface area contributed by atoms with Crippen LogP contribution in [0.2, 0.25) is 0 Å². The number of hydrogen-bond donors (Lipinski definition) is 1. The van der Waals surface area contributed by atoms with Crippen LogP contribution in [0.4, 0.5) is 0 Å². The molecule has 0 radical (unpaired) electrons. The van der Waals surface area contributed by atoms with E-state index in [0.717, 1.165) is 57.9 Å². The molecule has 5 nitrogen and oxygen atoms in total. The molecule has 1 aliphatic heterocycles. The molecule has 1 N–H and O–H groups in total. The smallest absolute Gasteiger partial charge is 0.255 e. The lowest BCUT2D eigenvalue weighted by Gasteiger charge is -2.16. The first-order valence-corrected chi connectivity index (χ1v) is 13.4. The number of hydrogen-bond acceptors (Lipinski definition) is 3. The average molecular weight is 490 g/mol. The van der Waals surface area contributed by atoms with Gasteiger partial charge < -0.3 is 10.2 Å². The standard InChI is InChI=1S/C31H43N3O2/c1-2-3-4-5-6-7-8-9-10-11-12-13-14-15-16-17-18-21-30(35)33-25-28-22-24-34(27-28)31(36)29-20-19-23-32-26-29/h3-4,6-7,9-10,12-13,15-16,19-20,23,26,28H,2,5,8,11,14,17-18,21-22,24-25,27H2,1H3,(H,33,35). The van der Waals surface area contributed by atoms with Crippen molar-refractivity contribution < 1.29 is 9.59 Å². The number of carbonyl (C=O) groups is 2. The molecule has 1 aromatic heterocycles. The molecule has 5 heteroatoms. The zero-order chi connectivity index (χ0) is 25.7. The summed E-state index contributed by atoms with van der Waals surface area (Å²) in [6.07, 6.45) is 33.4. The van der Waals surface area contributed by atoms with Gasteiger partial charge in [0.1, 0.15) is 0 Å². The minimum Gasteiger partial charge on any atom is -0.356 e. The van der Waals surface area contributed by atoms with Gasteiger partial charge in [-0.1, -0.05) is 67.7 Å². The van der Waals surface area contributed by atoms with Crippen LogP contribution in [0.15, 0.2) is 85.3 Å². The lowest BCUT2D eigenvalue weighted by molar-refractivity contribution is -0.121. The van der Waals surface area contributed by atoms with Crippen LogP contribution in [0, 0.1) is 5.92 Å². The van der Waals surface area contributed by atoms with Crippen LogP contribution in [0.1, 0.15) is 75.1 Å². The van der Waals surface area contributed by atoms with Crippen molar-refractivity contribution in [3.05, 3.63) is 90.9 Å². The van der Waals surface area contributed by atoms with E-state index >= 15 is 0 Å². The molecule has 1 saturated heterocycles. The number of rotatable bonds is 16. The predicted octanol–water partition coefficient (Wildman–Crippen LogP) is 6.58. The first-order valence-electron chi connectivity index (χ1n) is 13.4. The van der Waals surface area contributed by atoms with Crippen molar-refractivity contribution in [1.82, 2.24) is 15.2 Å². The summed E-state index contributed by atoms with van der Waals surface area (Å²) in [5.74, 6) is 0.439. The zero-order valence-corrected chi connectivity index (χ0v) is 21.9. The van der Waals surface area contributed by atoms with Crippen molar-refractivity contribution in [2.75, 3.05) is 19.6 Å². The van der Waals surface area contributed by atoms with Crippen LogP contribution in [-0.2, 0) is 4.79 Å². The third-order valence-corrected chi connectivity index (χ3v) is 6.00. The maximum atomic E-state index is 12.5. The summed E-state index contributed by atoms with van der Waals surface area (Å²) in [6.45, 7) is 4.21. The highest BCUT2D eigenvalue weighted by atomic mass is 16.2. The molecule has 1 fully saturated rings. The fourth-order valence-corrected chi connectivity index (χ4v) is 3.95. The topological polar surface area (TPSA) is 62.3 Å². The molecule has 2 amide bonds. The Balaban J connectivity index is 1.45. The fourth-order valence-electron chi connectivity index (χ4n) is 3.95. The summed E-state index contributed by atoms with van der Waals surface area (Å²) in [5.41, 5.74) is 0.622. The molecule has 1 unspecified atom stereocenters. The van der Waals surface area contributed by atoms with Crippen molar-refractivity contribution >= 4 is 11.8 Å². The van der Waals surface area contributed by atoms with Crippen molar-refractivity contribution in [3.8, 4) is 0 Å². The third kappa shape index (κ3) is 13.0. The summed E-state index contributed by atoms with van der Waals surface area (Å²) in [5, 5.41) is 3.04. The molecule has 2 rings (SSSR count). The molecule has 0 bridgehead atoms. The van der Waals surface area contributed by atoms with E-state index in [9.17, 15) is 9.59 Å². The Labute approximate surface area is 217 Å². The summed E-state index contributed by atoms with van der Waals surface area (Å²) < 4.78 is 0. The van der Waals surface area contributed by atoms with Crippen LogP contribution < -0.4 is 5.32 Å². The van der Waals surface area contributed by atoms with Gasteiger partial charge in [0.2, 0.25) is 5.91 Å². The van der Waals surface area contributed by atoms with Gasteiger partial charge in [-0.2, -0.15) is 0 Å². The molecule has 0 aromatic carbocycles.